The molecule has 1 amide bonds. The summed E-state index contributed by atoms with van der Waals surface area (Å²) in [7, 11) is 0. The van der Waals surface area contributed by atoms with Gasteiger partial charge >= 0.3 is 6.09 Å². The van der Waals surface area contributed by atoms with Crippen molar-refractivity contribution in [3.05, 3.63) is 48.6 Å². The highest BCUT2D eigenvalue weighted by Gasteiger charge is 2.39. The first kappa shape index (κ1) is 11.4. The number of carbonyl (C=O) groups is 2. The number of nitrogens with zero attached hydrogens (tertiary/aromatic N) is 1. The van der Waals surface area contributed by atoms with Crippen molar-refractivity contribution >= 4 is 12.4 Å². The minimum atomic E-state index is -0.583. The van der Waals surface area contributed by atoms with Gasteiger partial charge in [0.05, 0.1) is 0 Å². The standard InChI is InChI=1S/C13H13NO3/c1-2-12-11(9-15)14(13(16)17-12)8-10-6-4-3-5-7-10/h2-7,9,11-12H,1,8H2. The molecule has 4 nitrogen and oxygen atoms in total. The summed E-state index contributed by atoms with van der Waals surface area (Å²) in [6.45, 7) is 3.92. The molecule has 2 rings (SSSR count). The second kappa shape index (κ2) is 4.82. The number of benzene rings is 1. The minimum absolute atomic E-state index is 0.368. The third-order valence-corrected chi connectivity index (χ3v) is 2.74. The largest absolute Gasteiger partial charge is 0.439 e. The summed E-state index contributed by atoms with van der Waals surface area (Å²) in [6, 6.07) is 8.89. The molecule has 1 aliphatic heterocycles. The van der Waals surface area contributed by atoms with Crippen LogP contribution in [0.3, 0.4) is 0 Å². The van der Waals surface area contributed by atoms with Gasteiger partial charge in [-0.1, -0.05) is 36.9 Å². The number of rotatable bonds is 4. The lowest BCUT2D eigenvalue weighted by molar-refractivity contribution is -0.111. The average Bonchev–Trinajstić information content (AvgIpc) is 2.67. The Hall–Kier alpha value is -2.10. The van der Waals surface area contributed by atoms with E-state index >= 15 is 0 Å². The number of carbonyl (C=O) groups excluding carboxylic acids is 2. The van der Waals surface area contributed by atoms with Crippen LogP contribution in [-0.2, 0) is 16.1 Å². The fourth-order valence-electron chi connectivity index (χ4n) is 1.84. The summed E-state index contributed by atoms with van der Waals surface area (Å²) in [6.07, 6.45) is 1.17. The van der Waals surface area contributed by atoms with Crippen LogP contribution in [0.2, 0.25) is 0 Å². The van der Waals surface area contributed by atoms with Crippen molar-refractivity contribution in [3.63, 3.8) is 0 Å². The van der Waals surface area contributed by atoms with E-state index in [1.165, 1.54) is 11.0 Å². The van der Waals surface area contributed by atoms with E-state index in [0.29, 0.717) is 6.54 Å². The highest BCUT2D eigenvalue weighted by atomic mass is 16.6. The molecule has 1 aliphatic rings. The van der Waals surface area contributed by atoms with Gasteiger partial charge in [0, 0.05) is 6.54 Å². The first-order chi connectivity index (χ1) is 8.26. The van der Waals surface area contributed by atoms with E-state index < -0.39 is 18.2 Å². The zero-order chi connectivity index (χ0) is 12.3. The Labute approximate surface area is 99.5 Å². The third-order valence-electron chi connectivity index (χ3n) is 2.74. The van der Waals surface area contributed by atoms with Crippen LogP contribution in [0.15, 0.2) is 43.0 Å². The molecule has 0 spiro atoms. The molecule has 1 heterocycles. The summed E-state index contributed by atoms with van der Waals surface area (Å²) >= 11 is 0. The normalized spacial score (nSPS) is 23.3. The van der Waals surface area contributed by atoms with Gasteiger partial charge < -0.3 is 9.53 Å². The van der Waals surface area contributed by atoms with Crippen LogP contribution in [0.4, 0.5) is 4.79 Å². The van der Waals surface area contributed by atoms with Crippen LogP contribution in [-0.4, -0.2) is 29.4 Å². The molecule has 88 valence electrons. The summed E-state index contributed by atoms with van der Waals surface area (Å²) < 4.78 is 5.04. The highest BCUT2D eigenvalue weighted by Crippen LogP contribution is 2.21. The molecular formula is C13H13NO3. The lowest BCUT2D eigenvalue weighted by Crippen LogP contribution is -2.36. The van der Waals surface area contributed by atoms with Gasteiger partial charge in [0.25, 0.3) is 0 Å². The predicted octanol–water partition coefficient (Wildman–Crippen LogP) is 1.76. The number of amides is 1. The SMILES string of the molecule is C=CC1OC(=O)N(Cc2ccccc2)C1C=O. The Bertz CT molecular complexity index is 430. The van der Waals surface area contributed by atoms with Crippen LogP contribution in [0.25, 0.3) is 0 Å². The quantitative estimate of drug-likeness (QED) is 0.586. The summed E-state index contributed by atoms with van der Waals surface area (Å²) in [5.74, 6) is 0. The van der Waals surface area contributed by atoms with Gasteiger partial charge in [-0.2, -0.15) is 0 Å². The summed E-state index contributed by atoms with van der Waals surface area (Å²) in [5.41, 5.74) is 0.959. The molecule has 2 atom stereocenters. The van der Waals surface area contributed by atoms with Crippen LogP contribution in [0, 0.1) is 0 Å². The van der Waals surface area contributed by atoms with E-state index in [9.17, 15) is 9.59 Å². The van der Waals surface area contributed by atoms with Gasteiger partial charge in [0.1, 0.15) is 18.4 Å². The molecule has 1 aromatic rings. The van der Waals surface area contributed by atoms with E-state index in [4.69, 9.17) is 4.74 Å². The Balaban J connectivity index is 2.17. The molecule has 0 bridgehead atoms. The van der Waals surface area contributed by atoms with Crippen LogP contribution >= 0.6 is 0 Å². The molecule has 1 saturated heterocycles. The van der Waals surface area contributed by atoms with Gasteiger partial charge in [-0.15, -0.1) is 0 Å². The monoisotopic (exact) mass is 231 g/mol. The topological polar surface area (TPSA) is 46.6 Å². The maximum absolute atomic E-state index is 11.6. The zero-order valence-electron chi connectivity index (χ0n) is 9.28. The molecule has 2 unspecified atom stereocenters. The molecule has 0 aliphatic carbocycles. The minimum Gasteiger partial charge on any atom is -0.439 e. The van der Waals surface area contributed by atoms with Gasteiger partial charge in [-0.05, 0) is 11.6 Å². The van der Waals surface area contributed by atoms with Crippen molar-refractivity contribution in [1.82, 2.24) is 4.90 Å². The highest BCUT2D eigenvalue weighted by molar-refractivity contribution is 5.78. The first-order valence-corrected chi connectivity index (χ1v) is 5.35. The van der Waals surface area contributed by atoms with Crippen molar-refractivity contribution in [2.75, 3.05) is 0 Å². The van der Waals surface area contributed by atoms with Crippen molar-refractivity contribution < 1.29 is 14.3 Å². The van der Waals surface area contributed by atoms with Crippen LogP contribution in [0.1, 0.15) is 5.56 Å². The van der Waals surface area contributed by atoms with E-state index in [1.54, 1.807) is 0 Å². The Morgan fingerprint density at radius 2 is 2.06 bits per heavy atom. The Morgan fingerprint density at radius 3 is 2.65 bits per heavy atom. The van der Waals surface area contributed by atoms with Crippen LogP contribution < -0.4 is 0 Å². The average molecular weight is 231 g/mol. The molecule has 0 saturated carbocycles. The van der Waals surface area contributed by atoms with Crippen molar-refractivity contribution in [2.45, 2.75) is 18.7 Å². The molecule has 1 aromatic carbocycles. The number of hydrogen-bond acceptors (Lipinski definition) is 3. The van der Waals surface area contributed by atoms with E-state index in [2.05, 4.69) is 6.58 Å². The maximum Gasteiger partial charge on any atom is 0.411 e. The maximum atomic E-state index is 11.6. The Morgan fingerprint density at radius 1 is 1.35 bits per heavy atom. The third kappa shape index (κ3) is 2.20. The molecule has 1 fully saturated rings. The number of aldehydes is 1. The second-order valence-electron chi connectivity index (χ2n) is 3.82. The van der Waals surface area contributed by atoms with E-state index in [1.807, 2.05) is 30.3 Å². The van der Waals surface area contributed by atoms with Crippen LogP contribution in [0.5, 0.6) is 0 Å². The molecule has 4 heteroatoms. The molecule has 17 heavy (non-hydrogen) atoms. The Kier molecular flexibility index (Phi) is 3.23. The molecule has 0 aromatic heterocycles. The van der Waals surface area contributed by atoms with Gasteiger partial charge in [-0.3, -0.25) is 4.90 Å². The van der Waals surface area contributed by atoms with E-state index in [-0.39, 0.29) is 0 Å². The van der Waals surface area contributed by atoms with Crippen molar-refractivity contribution in [3.8, 4) is 0 Å². The van der Waals surface area contributed by atoms with Gasteiger partial charge in [0.2, 0.25) is 0 Å². The summed E-state index contributed by atoms with van der Waals surface area (Å²) in [4.78, 5) is 24.0. The fourth-order valence-corrected chi connectivity index (χ4v) is 1.84. The zero-order valence-corrected chi connectivity index (χ0v) is 9.28. The number of cyclic esters (lactones) is 1. The van der Waals surface area contributed by atoms with Gasteiger partial charge in [-0.25, -0.2) is 4.79 Å². The summed E-state index contributed by atoms with van der Waals surface area (Å²) in [5, 5.41) is 0. The number of ether oxygens (including phenoxy) is 1. The lowest BCUT2D eigenvalue weighted by atomic mass is 10.1. The smallest absolute Gasteiger partial charge is 0.411 e. The van der Waals surface area contributed by atoms with Crippen molar-refractivity contribution in [2.24, 2.45) is 0 Å². The second-order valence-corrected chi connectivity index (χ2v) is 3.82. The number of hydrogen-bond donors (Lipinski definition) is 0. The van der Waals surface area contributed by atoms with Gasteiger partial charge in [0.15, 0.2) is 0 Å². The molecular weight excluding hydrogens is 218 g/mol. The van der Waals surface area contributed by atoms with Crippen molar-refractivity contribution in [1.29, 1.82) is 0 Å². The molecule has 0 N–H and O–H groups in total. The predicted molar refractivity (Wildman–Crippen MR) is 62.3 cm³/mol. The lowest BCUT2D eigenvalue weighted by Gasteiger charge is -2.18. The first-order valence-electron chi connectivity index (χ1n) is 5.35. The molecule has 0 radical (unpaired) electrons. The van der Waals surface area contributed by atoms with E-state index in [0.717, 1.165) is 11.8 Å². The fraction of sp³-hybridized carbons (Fsp3) is 0.231.